The van der Waals surface area contributed by atoms with Crippen LogP contribution in [-0.4, -0.2) is 50.8 Å². The minimum Gasteiger partial charge on any atom is -0.469 e. The van der Waals surface area contributed by atoms with Gasteiger partial charge in [-0.15, -0.1) is 0 Å². The topological polar surface area (TPSA) is 150 Å². The Balaban J connectivity index is 2.26. The van der Waals surface area contributed by atoms with Crippen LogP contribution in [0.4, 0.5) is 4.79 Å². The third-order valence-electron chi connectivity index (χ3n) is 4.58. The molecule has 36 heavy (non-hydrogen) atoms. The molecule has 0 spiro atoms. The number of methoxy groups -OCH3 is 1. The van der Waals surface area contributed by atoms with Crippen LogP contribution < -0.4 is 9.44 Å². The Labute approximate surface area is 211 Å². The molecule has 0 aliphatic heterocycles. The quantitative estimate of drug-likeness (QED) is 0.371. The van der Waals surface area contributed by atoms with Gasteiger partial charge in [0.25, 0.3) is 0 Å². The van der Waals surface area contributed by atoms with Gasteiger partial charge in [-0.25, -0.2) is 9.52 Å². The number of amides is 1. The molecule has 1 amide bonds. The van der Waals surface area contributed by atoms with Crippen molar-refractivity contribution in [2.24, 2.45) is 0 Å². The molecule has 0 saturated heterocycles. The standard InChI is InChI=1S/C24H34N2O9S/c1-23(2,3)34-21(28)18(25-36(30,31)26-22(29)35-24(4,5)6)13-19-17-10-8-15(9-11-20(27)32-7)12-16(17)14-33-19/h8,10,12,14,18,25H,9,11,13H2,1-7H3,(H,26,29). The van der Waals surface area contributed by atoms with E-state index in [1.165, 1.54) is 13.4 Å². The van der Waals surface area contributed by atoms with Crippen LogP contribution in [0.3, 0.4) is 0 Å². The molecule has 200 valence electrons. The van der Waals surface area contributed by atoms with Crippen LogP contribution in [0.5, 0.6) is 0 Å². The highest BCUT2D eigenvalue weighted by atomic mass is 32.2. The molecule has 0 radical (unpaired) electrons. The Kier molecular flexibility index (Phi) is 9.13. The number of nitrogens with one attached hydrogen (secondary N) is 2. The van der Waals surface area contributed by atoms with Crippen LogP contribution in [0.25, 0.3) is 10.8 Å². The molecule has 1 aromatic carbocycles. The molecule has 0 bridgehead atoms. The third-order valence-corrected chi connectivity index (χ3v) is 5.62. The van der Waals surface area contributed by atoms with Crippen molar-refractivity contribution in [3.63, 3.8) is 0 Å². The van der Waals surface area contributed by atoms with Gasteiger partial charge < -0.3 is 18.6 Å². The molecule has 12 heteroatoms. The number of aryl methyl sites for hydroxylation is 1. The number of fused-ring (bicyclic) bond motifs is 1. The average Bonchev–Trinajstić information content (AvgIpc) is 3.10. The van der Waals surface area contributed by atoms with E-state index in [-0.39, 0.29) is 18.8 Å². The molecule has 0 aliphatic rings. The monoisotopic (exact) mass is 526 g/mol. The maximum Gasteiger partial charge on any atom is 0.422 e. The zero-order valence-electron chi connectivity index (χ0n) is 21.6. The van der Waals surface area contributed by atoms with Crippen LogP contribution >= 0.6 is 0 Å². The first-order valence-electron chi connectivity index (χ1n) is 11.3. The van der Waals surface area contributed by atoms with Gasteiger partial charge in [-0.3, -0.25) is 9.59 Å². The molecule has 2 N–H and O–H groups in total. The molecule has 0 fully saturated rings. The van der Waals surface area contributed by atoms with Crippen LogP contribution in [0, 0.1) is 0 Å². The lowest BCUT2D eigenvalue weighted by Crippen LogP contribution is -2.51. The van der Waals surface area contributed by atoms with Crippen molar-refractivity contribution in [1.29, 1.82) is 0 Å². The van der Waals surface area contributed by atoms with Gasteiger partial charge in [-0.2, -0.15) is 13.1 Å². The molecule has 1 heterocycles. The second-order valence-corrected chi connectivity index (χ2v) is 11.6. The van der Waals surface area contributed by atoms with E-state index < -0.39 is 39.5 Å². The minimum absolute atomic E-state index is 0.185. The molecule has 1 atom stereocenters. The van der Waals surface area contributed by atoms with Gasteiger partial charge >= 0.3 is 28.2 Å². The predicted molar refractivity (Wildman–Crippen MR) is 131 cm³/mol. The molecule has 1 aromatic heterocycles. The summed E-state index contributed by atoms with van der Waals surface area (Å²) in [6.07, 6.45) is 0.793. The number of hydrogen-bond acceptors (Lipinski definition) is 9. The van der Waals surface area contributed by atoms with Crippen molar-refractivity contribution in [2.45, 2.75) is 78.0 Å². The predicted octanol–water partition coefficient (Wildman–Crippen LogP) is 3.15. The van der Waals surface area contributed by atoms with Crippen molar-refractivity contribution < 1.29 is 41.4 Å². The number of carbonyl (C=O) groups excluding carboxylic acids is 3. The van der Waals surface area contributed by atoms with Crippen molar-refractivity contribution in [1.82, 2.24) is 9.44 Å². The second-order valence-electron chi connectivity index (χ2n) is 10.2. The first-order chi connectivity index (χ1) is 16.5. The second kappa shape index (κ2) is 11.3. The van der Waals surface area contributed by atoms with Crippen LogP contribution in [-0.2, 0) is 46.9 Å². The van der Waals surface area contributed by atoms with E-state index in [0.717, 1.165) is 5.56 Å². The lowest BCUT2D eigenvalue weighted by molar-refractivity contribution is -0.157. The maximum absolute atomic E-state index is 12.9. The number of benzene rings is 1. The molecule has 11 nitrogen and oxygen atoms in total. The van der Waals surface area contributed by atoms with Crippen molar-refractivity contribution in [3.8, 4) is 0 Å². The highest BCUT2D eigenvalue weighted by Gasteiger charge is 2.32. The maximum atomic E-state index is 12.9. The first kappa shape index (κ1) is 29.1. The number of carbonyl (C=O) groups is 3. The number of furan rings is 1. The summed E-state index contributed by atoms with van der Waals surface area (Å²) in [6, 6.07) is 4.00. The van der Waals surface area contributed by atoms with Gasteiger partial charge in [0.15, 0.2) is 0 Å². The summed E-state index contributed by atoms with van der Waals surface area (Å²) in [5.41, 5.74) is -0.933. The lowest BCUT2D eigenvalue weighted by Gasteiger charge is -2.24. The van der Waals surface area contributed by atoms with E-state index in [1.807, 2.05) is 6.07 Å². The molecule has 1 unspecified atom stereocenters. The summed E-state index contributed by atoms with van der Waals surface area (Å²) in [6.45, 7) is 9.69. The average molecular weight is 527 g/mol. The Morgan fingerprint density at radius 1 is 1.03 bits per heavy atom. The Bertz CT molecular complexity index is 1200. The van der Waals surface area contributed by atoms with Gasteiger partial charge in [0.05, 0.1) is 13.4 Å². The number of ether oxygens (including phenoxy) is 3. The lowest BCUT2D eigenvalue weighted by atomic mass is 10.0. The van der Waals surface area contributed by atoms with Crippen LogP contribution in [0.1, 0.15) is 59.3 Å². The highest BCUT2D eigenvalue weighted by Crippen LogP contribution is 2.25. The zero-order chi connectivity index (χ0) is 27.3. The fraction of sp³-hybridized carbons (Fsp3) is 0.542. The Morgan fingerprint density at radius 2 is 1.67 bits per heavy atom. The first-order valence-corrected chi connectivity index (χ1v) is 12.8. The van der Waals surface area contributed by atoms with Gasteiger partial charge in [0, 0.05) is 23.6 Å². The van der Waals surface area contributed by atoms with E-state index in [0.29, 0.717) is 23.0 Å². The summed E-state index contributed by atoms with van der Waals surface area (Å²) in [5.74, 6) is -0.841. The van der Waals surface area contributed by atoms with E-state index in [9.17, 15) is 22.8 Å². The smallest absolute Gasteiger partial charge is 0.422 e. The highest BCUT2D eigenvalue weighted by molar-refractivity contribution is 7.88. The fourth-order valence-corrected chi connectivity index (χ4v) is 4.05. The van der Waals surface area contributed by atoms with Crippen molar-refractivity contribution in [3.05, 3.63) is 35.8 Å². The van der Waals surface area contributed by atoms with E-state index >= 15 is 0 Å². The van der Waals surface area contributed by atoms with Gasteiger partial charge in [0.2, 0.25) is 0 Å². The molecular formula is C24H34N2O9S. The summed E-state index contributed by atoms with van der Waals surface area (Å²) >= 11 is 0. The van der Waals surface area contributed by atoms with Gasteiger partial charge in [-0.05, 0) is 59.6 Å². The Hall–Kier alpha value is -3.12. The number of rotatable bonds is 9. The van der Waals surface area contributed by atoms with Crippen LogP contribution in [0.2, 0.25) is 0 Å². The SMILES string of the molecule is COC(=O)CCc1ccc2c(CC(NS(=O)(=O)NC(=O)OC(C)(C)C)C(=O)OC(C)(C)C)occ2c1. The molecule has 2 aromatic rings. The van der Waals surface area contributed by atoms with E-state index in [1.54, 1.807) is 58.4 Å². The fourth-order valence-electron chi connectivity index (χ4n) is 3.18. The van der Waals surface area contributed by atoms with Crippen molar-refractivity contribution in [2.75, 3.05) is 7.11 Å². The molecule has 2 rings (SSSR count). The summed E-state index contributed by atoms with van der Waals surface area (Å²) in [4.78, 5) is 36.3. The largest absolute Gasteiger partial charge is 0.469 e. The summed E-state index contributed by atoms with van der Waals surface area (Å²) in [5, 5.41) is 1.37. The van der Waals surface area contributed by atoms with Gasteiger partial charge in [0.1, 0.15) is 23.0 Å². The molecular weight excluding hydrogens is 492 g/mol. The Morgan fingerprint density at radius 3 is 2.25 bits per heavy atom. The normalized spacial score (nSPS) is 13.2. The number of esters is 2. The van der Waals surface area contributed by atoms with E-state index in [4.69, 9.17) is 13.9 Å². The third kappa shape index (κ3) is 9.50. The zero-order valence-corrected chi connectivity index (χ0v) is 22.4. The number of hydrogen-bond donors (Lipinski definition) is 2. The summed E-state index contributed by atoms with van der Waals surface area (Å²) in [7, 11) is -3.17. The minimum atomic E-state index is -4.50. The molecule has 0 aliphatic carbocycles. The van der Waals surface area contributed by atoms with Crippen LogP contribution in [0.15, 0.2) is 28.9 Å². The van der Waals surface area contributed by atoms with Crippen molar-refractivity contribution >= 4 is 39.0 Å². The van der Waals surface area contributed by atoms with Gasteiger partial charge in [-0.1, -0.05) is 12.1 Å². The summed E-state index contributed by atoms with van der Waals surface area (Å²) < 4.78 is 49.8. The molecule has 0 saturated carbocycles. The van der Waals surface area contributed by atoms with E-state index in [2.05, 4.69) is 9.46 Å².